The summed E-state index contributed by atoms with van der Waals surface area (Å²) in [7, 11) is 0. The van der Waals surface area contributed by atoms with E-state index >= 15 is 0 Å². The van der Waals surface area contributed by atoms with Crippen molar-refractivity contribution in [3.63, 3.8) is 0 Å². The molecule has 0 aromatic heterocycles. The van der Waals surface area contributed by atoms with Gasteiger partial charge in [-0.05, 0) is 60.7 Å². The van der Waals surface area contributed by atoms with Crippen molar-refractivity contribution in [3.8, 4) is 0 Å². The fraction of sp³-hybridized carbons (Fsp3) is 0.621. The van der Waals surface area contributed by atoms with Crippen molar-refractivity contribution in [2.75, 3.05) is 26.2 Å². The summed E-state index contributed by atoms with van der Waals surface area (Å²) in [5.74, 6) is -3.08. The molecule has 49 heavy (non-hydrogen) atoms. The molecule has 0 bridgehead atoms. The van der Waals surface area contributed by atoms with E-state index < -0.39 is 42.1 Å². The number of nitrogens with zero attached hydrogens (tertiary/aromatic N) is 7. The summed E-state index contributed by atoms with van der Waals surface area (Å²) < 4.78 is 0. The van der Waals surface area contributed by atoms with Crippen molar-refractivity contribution in [3.05, 3.63) is 56.3 Å². The number of carbonyl (C=O) groups is 5. The van der Waals surface area contributed by atoms with Crippen molar-refractivity contribution >= 4 is 29.8 Å². The Labute approximate surface area is 283 Å². The minimum Gasteiger partial charge on any atom is -0.480 e. The van der Waals surface area contributed by atoms with Crippen molar-refractivity contribution in [2.45, 2.75) is 89.0 Å². The Kier molecular flexibility index (Phi) is 23.2. The van der Waals surface area contributed by atoms with E-state index in [1.54, 1.807) is 24.3 Å². The topological polar surface area (TPSA) is 349 Å². The number of aliphatic carboxylic acids is 3. The molecule has 1 saturated heterocycles. The van der Waals surface area contributed by atoms with Gasteiger partial charge in [-0.25, -0.2) is 4.79 Å². The number of amides is 3. The number of benzene rings is 1. The molecule has 0 saturated carbocycles. The van der Waals surface area contributed by atoms with Crippen LogP contribution >= 0.6 is 0 Å². The minimum atomic E-state index is -1.17. The average molecular weight is 693 g/mol. The lowest BCUT2D eigenvalue weighted by molar-refractivity contribution is -0.139. The maximum absolute atomic E-state index is 11.6. The first-order chi connectivity index (χ1) is 23.2. The van der Waals surface area contributed by atoms with Crippen molar-refractivity contribution < 1.29 is 39.3 Å². The van der Waals surface area contributed by atoms with Crippen LogP contribution in [0, 0.1) is 0 Å². The summed E-state index contributed by atoms with van der Waals surface area (Å²) in [4.78, 5) is 60.9. The van der Waals surface area contributed by atoms with Gasteiger partial charge in [0.15, 0.2) is 0 Å². The third-order valence-corrected chi connectivity index (χ3v) is 6.91. The van der Waals surface area contributed by atoms with Gasteiger partial charge in [-0.2, -0.15) is 0 Å². The molecule has 1 aliphatic rings. The zero-order valence-corrected chi connectivity index (χ0v) is 27.6. The number of nitrogens with one attached hydrogen (secondary N) is 2. The van der Waals surface area contributed by atoms with Gasteiger partial charge in [0.1, 0.15) is 18.1 Å². The van der Waals surface area contributed by atoms with E-state index in [0.29, 0.717) is 45.4 Å². The SMILES string of the molecule is CCCCC(=O)NCCCC[C@H](N)C(=O)O.[N-]=[N+]=NC1CCN(C(=O)NC[C@H](N)C(=O)O)C1.[N-]=[N+]=NCc1ccc(C[C@H](N)C(=O)O)cc1. The number of carboxylic acids is 3. The van der Waals surface area contributed by atoms with Crippen LogP contribution in [0.2, 0.25) is 0 Å². The lowest BCUT2D eigenvalue weighted by Gasteiger charge is -2.17. The van der Waals surface area contributed by atoms with Gasteiger partial charge in [0.25, 0.3) is 0 Å². The molecule has 0 spiro atoms. The molecule has 20 nitrogen and oxygen atoms in total. The maximum Gasteiger partial charge on any atom is 0.322 e. The van der Waals surface area contributed by atoms with Gasteiger partial charge in [-0.3, -0.25) is 19.2 Å². The lowest BCUT2D eigenvalue weighted by Crippen LogP contribution is -2.46. The number of rotatable bonds is 18. The van der Waals surface area contributed by atoms with Gasteiger partial charge in [0.2, 0.25) is 5.91 Å². The second-order valence-electron chi connectivity index (χ2n) is 11.0. The highest BCUT2D eigenvalue weighted by atomic mass is 16.4. The quantitative estimate of drug-likeness (QED) is 0.0474. The largest absolute Gasteiger partial charge is 0.480 e. The predicted molar refractivity (Wildman–Crippen MR) is 179 cm³/mol. The van der Waals surface area contributed by atoms with E-state index in [1.165, 1.54) is 4.90 Å². The Bertz CT molecular complexity index is 1290. The van der Waals surface area contributed by atoms with Gasteiger partial charge in [0, 0.05) is 42.4 Å². The van der Waals surface area contributed by atoms with Gasteiger partial charge in [0.05, 0.1) is 12.6 Å². The van der Waals surface area contributed by atoms with Crippen LogP contribution < -0.4 is 27.8 Å². The average Bonchev–Trinajstić information content (AvgIpc) is 3.54. The van der Waals surface area contributed by atoms with Gasteiger partial charge < -0.3 is 48.1 Å². The van der Waals surface area contributed by atoms with Crippen molar-refractivity contribution in [1.82, 2.24) is 15.5 Å². The van der Waals surface area contributed by atoms with Crippen LogP contribution in [-0.2, 0) is 32.1 Å². The summed E-state index contributed by atoms with van der Waals surface area (Å²) in [6, 6.07) is 3.76. The zero-order valence-electron chi connectivity index (χ0n) is 27.6. The number of hydrogen-bond acceptors (Lipinski definition) is 10. The van der Waals surface area contributed by atoms with E-state index in [1.807, 2.05) is 6.92 Å². The van der Waals surface area contributed by atoms with Crippen molar-refractivity contribution in [1.29, 1.82) is 0 Å². The van der Waals surface area contributed by atoms with Crippen LogP contribution in [-0.4, -0.2) is 100 Å². The first-order valence-corrected chi connectivity index (χ1v) is 15.6. The van der Waals surface area contributed by atoms with Crippen LogP contribution in [0.5, 0.6) is 0 Å². The molecule has 1 fully saturated rings. The second kappa shape index (κ2) is 25.9. The number of likely N-dealkylation sites (tertiary alicyclic amines) is 1. The Hall–Kier alpha value is -5.13. The van der Waals surface area contributed by atoms with E-state index in [4.69, 9.17) is 43.6 Å². The number of nitrogens with two attached hydrogens (primary N) is 3. The van der Waals surface area contributed by atoms with E-state index in [-0.39, 0.29) is 24.9 Å². The maximum atomic E-state index is 11.6. The molecule has 1 aromatic carbocycles. The number of hydrogen-bond donors (Lipinski definition) is 8. The first kappa shape index (κ1) is 43.9. The number of unbranched alkanes of at least 4 members (excludes halogenated alkanes) is 2. The molecule has 1 unspecified atom stereocenters. The fourth-order valence-corrected chi connectivity index (χ4v) is 3.99. The molecule has 1 aliphatic heterocycles. The Morgan fingerprint density at radius 3 is 2.06 bits per heavy atom. The molecule has 0 radical (unpaired) electrons. The molecule has 1 heterocycles. The standard InChI is InChI=1S/C11H22N2O3.C10H12N4O2.C8H14N6O3/c1-2-3-7-10(14)13-8-5-4-6-9(12)11(15)16;11-9(10(15)16)5-7-1-3-8(4-2-7)6-13-14-12;9-6(7(15)16)3-11-8(17)14-2-1-5(4-14)12-13-10/h9H,2-8,12H2,1H3,(H,13,14)(H,15,16);1-4,9H,5-6,11H2,(H,15,16);5-6H,1-4,9H2,(H,11,17)(H,15,16)/t2*9-;5?,6-/m000/s1. The molecule has 11 N–H and O–H groups in total. The highest BCUT2D eigenvalue weighted by Gasteiger charge is 2.26. The molecule has 4 atom stereocenters. The lowest BCUT2D eigenvalue weighted by atomic mass is 10.0. The molecule has 2 rings (SSSR count). The summed E-state index contributed by atoms with van der Waals surface area (Å²) >= 11 is 0. The van der Waals surface area contributed by atoms with E-state index in [2.05, 4.69) is 30.7 Å². The smallest absolute Gasteiger partial charge is 0.322 e. The Morgan fingerprint density at radius 2 is 1.51 bits per heavy atom. The number of urea groups is 1. The van der Waals surface area contributed by atoms with Gasteiger partial charge in [-0.15, -0.1) is 0 Å². The zero-order chi connectivity index (χ0) is 37.2. The third-order valence-electron chi connectivity index (χ3n) is 6.91. The molecule has 20 heteroatoms. The number of carbonyl (C=O) groups excluding carboxylic acids is 2. The molecular formula is C29H48N12O8. The minimum absolute atomic E-state index is 0.0735. The van der Waals surface area contributed by atoms with Crippen LogP contribution in [0.15, 0.2) is 34.5 Å². The fourth-order valence-electron chi connectivity index (χ4n) is 3.99. The van der Waals surface area contributed by atoms with E-state index in [9.17, 15) is 24.0 Å². The monoisotopic (exact) mass is 692 g/mol. The third kappa shape index (κ3) is 21.4. The van der Waals surface area contributed by atoms with E-state index in [0.717, 1.165) is 36.8 Å². The first-order valence-electron chi connectivity index (χ1n) is 15.6. The molecular weight excluding hydrogens is 644 g/mol. The van der Waals surface area contributed by atoms with Crippen molar-refractivity contribution in [2.24, 2.45) is 27.4 Å². The predicted octanol–water partition coefficient (Wildman–Crippen LogP) is 1.82. The van der Waals surface area contributed by atoms with Gasteiger partial charge in [-0.1, -0.05) is 47.8 Å². The number of carboxylic acid groups (broad SMARTS) is 3. The normalized spacial score (nSPS) is 14.9. The highest BCUT2D eigenvalue weighted by Crippen LogP contribution is 2.12. The Balaban J connectivity index is 0.000000706. The molecule has 272 valence electrons. The highest BCUT2D eigenvalue weighted by molar-refractivity contribution is 5.77. The Morgan fingerprint density at radius 1 is 0.898 bits per heavy atom. The molecule has 0 aliphatic carbocycles. The summed E-state index contributed by atoms with van der Waals surface area (Å²) in [5, 5.41) is 37.8. The summed E-state index contributed by atoms with van der Waals surface area (Å²) in [5.41, 5.74) is 34.1. The summed E-state index contributed by atoms with van der Waals surface area (Å²) in [6.07, 6.45) is 5.36. The van der Waals surface area contributed by atoms with Crippen LogP contribution in [0.4, 0.5) is 4.79 Å². The van der Waals surface area contributed by atoms with Crippen LogP contribution in [0.1, 0.15) is 63.0 Å². The van der Waals surface area contributed by atoms with Crippen LogP contribution in [0.25, 0.3) is 20.9 Å². The summed E-state index contributed by atoms with van der Waals surface area (Å²) in [6.45, 7) is 3.64. The van der Waals surface area contributed by atoms with Crippen LogP contribution in [0.3, 0.4) is 0 Å². The molecule has 1 aromatic rings. The number of azide groups is 2. The second-order valence-corrected chi connectivity index (χ2v) is 11.0. The van der Waals surface area contributed by atoms with Gasteiger partial charge >= 0.3 is 23.9 Å². The molecule has 3 amide bonds.